The van der Waals surface area contributed by atoms with Gasteiger partial charge in [-0.1, -0.05) is 49.4 Å². The van der Waals surface area contributed by atoms with Gasteiger partial charge in [0.25, 0.3) is 0 Å². The molecule has 9 heteroatoms. The largest absolute Gasteiger partial charge is 0.573 e. The zero-order valence-electron chi connectivity index (χ0n) is 21.8. The molecule has 0 N–H and O–H groups in total. The van der Waals surface area contributed by atoms with Gasteiger partial charge in [0, 0.05) is 12.1 Å². The molecule has 1 aliphatic carbocycles. The number of hydrogen-bond acceptors (Lipinski definition) is 4. The van der Waals surface area contributed by atoms with Crippen LogP contribution < -0.4 is 4.74 Å². The van der Waals surface area contributed by atoms with Crippen molar-refractivity contribution in [2.75, 3.05) is 0 Å². The van der Waals surface area contributed by atoms with Crippen molar-refractivity contribution in [2.24, 2.45) is 16.8 Å². The van der Waals surface area contributed by atoms with Gasteiger partial charge in [0.15, 0.2) is 0 Å². The van der Waals surface area contributed by atoms with Crippen molar-refractivity contribution in [2.45, 2.75) is 57.5 Å². The molecule has 0 bridgehead atoms. The molecule has 2 unspecified atom stereocenters. The lowest BCUT2D eigenvalue weighted by atomic mass is 9.88. The molecule has 4 nitrogen and oxygen atoms in total. The molecule has 5 rings (SSSR count). The fraction of sp³-hybridized carbons (Fsp3) is 0.355. The smallest absolute Gasteiger partial charge is 0.462 e. The lowest BCUT2D eigenvalue weighted by Gasteiger charge is -2.28. The zero-order chi connectivity index (χ0) is 28.4. The minimum Gasteiger partial charge on any atom is -0.462 e. The number of aliphatic imine (C=N–C) groups is 1. The number of halogens is 5. The minimum absolute atomic E-state index is 0.0346. The Morgan fingerprint density at radius 3 is 2.00 bits per heavy atom. The Kier molecular flexibility index (Phi) is 7.92. The number of hydrogen-bond donors (Lipinski definition) is 0. The predicted octanol–water partition coefficient (Wildman–Crippen LogP) is 8.20. The highest BCUT2D eigenvalue weighted by atomic mass is 19.4. The van der Waals surface area contributed by atoms with Crippen LogP contribution in [0, 0.1) is 23.5 Å². The quantitative estimate of drug-likeness (QED) is 0.227. The summed E-state index contributed by atoms with van der Waals surface area (Å²) < 4.78 is 76.4. The van der Waals surface area contributed by atoms with Gasteiger partial charge in [-0.25, -0.2) is 8.78 Å². The maximum Gasteiger partial charge on any atom is 0.573 e. The topological polar surface area (TPSA) is 47.9 Å². The van der Waals surface area contributed by atoms with Gasteiger partial charge in [-0.05, 0) is 72.6 Å². The molecule has 0 amide bonds. The number of carbonyl (C=O) groups excluding carboxylic acids is 1. The second-order valence-electron chi connectivity index (χ2n) is 10.4. The normalized spacial score (nSPS) is 23.0. The summed E-state index contributed by atoms with van der Waals surface area (Å²) in [7, 11) is 0. The zero-order valence-corrected chi connectivity index (χ0v) is 21.8. The molecule has 0 spiro atoms. The summed E-state index contributed by atoms with van der Waals surface area (Å²) in [6.07, 6.45) is -1.43. The molecule has 40 heavy (non-hydrogen) atoms. The van der Waals surface area contributed by atoms with Crippen LogP contribution in [0.5, 0.6) is 5.75 Å². The van der Waals surface area contributed by atoms with E-state index in [1.165, 1.54) is 30.3 Å². The maximum atomic E-state index is 14.6. The van der Waals surface area contributed by atoms with Gasteiger partial charge in [0.2, 0.25) is 0 Å². The highest BCUT2D eigenvalue weighted by molar-refractivity contribution is 6.04. The molecule has 2 aliphatic rings. The summed E-state index contributed by atoms with van der Waals surface area (Å²) in [5.41, 5.74) is 1.97. The minimum atomic E-state index is -4.78. The van der Waals surface area contributed by atoms with Gasteiger partial charge in [0.1, 0.15) is 23.5 Å². The second kappa shape index (κ2) is 11.4. The van der Waals surface area contributed by atoms with Crippen molar-refractivity contribution in [1.29, 1.82) is 0 Å². The van der Waals surface area contributed by atoms with Crippen molar-refractivity contribution in [3.8, 4) is 16.9 Å². The Balaban J connectivity index is 1.40. The van der Waals surface area contributed by atoms with Crippen LogP contribution in [0.15, 0.2) is 71.7 Å². The van der Waals surface area contributed by atoms with Gasteiger partial charge in [0.05, 0.1) is 17.5 Å². The fourth-order valence-corrected chi connectivity index (χ4v) is 5.41. The first-order valence-corrected chi connectivity index (χ1v) is 13.2. The number of carbonyl (C=O) groups is 1. The highest BCUT2D eigenvalue weighted by Crippen LogP contribution is 2.40. The molecule has 3 aromatic rings. The molecular weight excluding hydrogens is 529 g/mol. The third-order valence-electron chi connectivity index (χ3n) is 7.56. The van der Waals surface area contributed by atoms with E-state index in [4.69, 9.17) is 4.74 Å². The average Bonchev–Trinajstić information content (AvgIpc) is 3.35. The second-order valence-corrected chi connectivity index (χ2v) is 10.4. The Labute approximate surface area is 228 Å². The van der Waals surface area contributed by atoms with E-state index in [9.17, 15) is 26.7 Å². The summed E-state index contributed by atoms with van der Waals surface area (Å²) >= 11 is 0. The molecule has 1 heterocycles. The molecule has 3 aromatic carbocycles. The first kappa shape index (κ1) is 27.8. The van der Waals surface area contributed by atoms with E-state index in [2.05, 4.69) is 16.7 Å². The van der Waals surface area contributed by atoms with Crippen molar-refractivity contribution >= 4 is 11.7 Å². The fourth-order valence-electron chi connectivity index (χ4n) is 5.41. The first-order chi connectivity index (χ1) is 19.1. The molecule has 2 atom stereocenters. The molecule has 1 saturated carbocycles. The predicted molar refractivity (Wildman–Crippen MR) is 140 cm³/mol. The van der Waals surface area contributed by atoms with E-state index in [0.717, 1.165) is 43.4 Å². The van der Waals surface area contributed by atoms with E-state index in [1.54, 1.807) is 24.3 Å². The van der Waals surface area contributed by atoms with Crippen LogP contribution in [0.3, 0.4) is 0 Å². The van der Waals surface area contributed by atoms with Crippen molar-refractivity contribution in [3.05, 3.63) is 89.5 Å². The van der Waals surface area contributed by atoms with Gasteiger partial charge in [-0.2, -0.15) is 0 Å². The number of nitrogens with zero attached hydrogens (tertiary/aromatic N) is 1. The third-order valence-corrected chi connectivity index (χ3v) is 7.56. The van der Waals surface area contributed by atoms with Crippen LogP contribution in [-0.4, -0.2) is 24.1 Å². The maximum absolute atomic E-state index is 14.6. The van der Waals surface area contributed by atoms with E-state index < -0.39 is 35.9 Å². The monoisotopic (exact) mass is 557 g/mol. The SMILES string of the molecule is CC1CCC(OC(=O)C2CC(c3c(F)cccc3F)=NC2c2ccc(-c3ccc(OC(F)(F)F)cc3)cc2)CC1. The summed E-state index contributed by atoms with van der Waals surface area (Å²) in [5.74, 6) is -2.43. The average molecular weight is 558 g/mol. The number of benzene rings is 3. The van der Waals surface area contributed by atoms with E-state index in [0.29, 0.717) is 17.0 Å². The van der Waals surface area contributed by atoms with Crippen LogP contribution in [0.4, 0.5) is 22.0 Å². The van der Waals surface area contributed by atoms with E-state index >= 15 is 0 Å². The highest BCUT2D eigenvalue weighted by Gasteiger charge is 2.40. The third kappa shape index (κ3) is 6.35. The van der Waals surface area contributed by atoms with Crippen LogP contribution >= 0.6 is 0 Å². The summed E-state index contributed by atoms with van der Waals surface area (Å²) in [5, 5.41) is 0. The van der Waals surface area contributed by atoms with Gasteiger partial charge in [-0.3, -0.25) is 9.79 Å². The van der Waals surface area contributed by atoms with Gasteiger partial charge < -0.3 is 9.47 Å². The lowest BCUT2D eigenvalue weighted by molar-refractivity contribution is -0.274. The standard InChI is InChI=1S/C31H28F5NO3/c1-18-5-13-22(14-6-18)39-30(38)24-17-27(28-25(32)3-2-4-26(28)33)37-29(24)21-9-7-19(8-10-21)20-11-15-23(16-12-20)40-31(34,35)36/h2-4,7-12,15-16,18,22,24,29H,5-6,13-14,17H2,1H3. The van der Waals surface area contributed by atoms with E-state index in [1.807, 2.05) is 0 Å². The Hall–Kier alpha value is -3.75. The van der Waals surface area contributed by atoms with Crippen LogP contribution in [-0.2, 0) is 9.53 Å². The van der Waals surface area contributed by atoms with Crippen LogP contribution in [0.1, 0.15) is 56.2 Å². The molecule has 0 aromatic heterocycles. The van der Waals surface area contributed by atoms with Crippen molar-refractivity contribution in [3.63, 3.8) is 0 Å². The van der Waals surface area contributed by atoms with Crippen LogP contribution in [0.2, 0.25) is 0 Å². The Morgan fingerprint density at radius 2 is 1.43 bits per heavy atom. The van der Waals surface area contributed by atoms with Crippen molar-refractivity contribution < 1.29 is 36.2 Å². The molecule has 1 aliphatic heterocycles. The molecule has 210 valence electrons. The molecule has 0 saturated heterocycles. The lowest BCUT2D eigenvalue weighted by Crippen LogP contribution is -2.29. The van der Waals surface area contributed by atoms with E-state index in [-0.39, 0.29) is 29.5 Å². The summed E-state index contributed by atoms with van der Waals surface area (Å²) in [4.78, 5) is 18.0. The number of rotatable bonds is 6. The number of alkyl halides is 3. The molecular formula is C31H28F5NO3. The van der Waals surface area contributed by atoms with Gasteiger partial charge >= 0.3 is 12.3 Å². The summed E-state index contributed by atoms with van der Waals surface area (Å²) in [6.45, 7) is 2.17. The summed E-state index contributed by atoms with van der Waals surface area (Å²) in [6, 6.07) is 15.4. The molecule has 0 radical (unpaired) electrons. The first-order valence-electron chi connectivity index (χ1n) is 13.2. The van der Waals surface area contributed by atoms with Crippen LogP contribution in [0.25, 0.3) is 11.1 Å². The van der Waals surface area contributed by atoms with Crippen molar-refractivity contribution in [1.82, 2.24) is 0 Å². The Morgan fingerprint density at radius 1 is 0.850 bits per heavy atom. The number of ether oxygens (including phenoxy) is 2. The molecule has 1 fully saturated rings. The Bertz CT molecular complexity index is 1360. The van der Waals surface area contributed by atoms with Gasteiger partial charge in [-0.15, -0.1) is 13.2 Å². The number of esters is 1.